The Morgan fingerprint density at radius 2 is 2.05 bits per heavy atom. The molecule has 4 nitrogen and oxygen atoms in total. The second-order valence-electron chi connectivity index (χ2n) is 5.21. The molecule has 1 unspecified atom stereocenters. The van der Waals surface area contributed by atoms with E-state index in [9.17, 15) is 0 Å². The molecule has 21 heavy (non-hydrogen) atoms. The molecule has 3 heterocycles. The maximum Gasteiger partial charge on any atom is 0.198 e. The Kier molecular flexibility index (Phi) is 2.94. The van der Waals surface area contributed by atoms with Crippen LogP contribution in [0.2, 0.25) is 5.15 Å². The van der Waals surface area contributed by atoms with Gasteiger partial charge in [-0.2, -0.15) is 0 Å². The van der Waals surface area contributed by atoms with Crippen LogP contribution in [0.5, 0.6) is 0 Å². The van der Waals surface area contributed by atoms with Gasteiger partial charge in [0.1, 0.15) is 0 Å². The first-order valence-corrected chi connectivity index (χ1v) is 8.03. The van der Waals surface area contributed by atoms with E-state index in [1.807, 2.05) is 30.0 Å². The van der Waals surface area contributed by atoms with Gasteiger partial charge in [-0.1, -0.05) is 29.8 Å². The summed E-state index contributed by atoms with van der Waals surface area (Å²) in [4.78, 5) is 5.64. The van der Waals surface area contributed by atoms with Gasteiger partial charge in [0.25, 0.3) is 0 Å². The van der Waals surface area contributed by atoms with E-state index >= 15 is 0 Å². The second-order valence-corrected chi connectivity index (χ2v) is 6.81. The topological polar surface area (TPSA) is 43.1 Å². The van der Waals surface area contributed by atoms with Crippen molar-refractivity contribution in [1.82, 2.24) is 19.6 Å². The predicted octanol–water partition coefficient (Wildman–Crippen LogP) is 3.78. The van der Waals surface area contributed by atoms with Gasteiger partial charge in [0.2, 0.25) is 0 Å². The molecule has 3 aromatic rings. The van der Waals surface area contributed by atoms with Gasteiger partial charge in [0.15, 0.2) is 16.6 Å². The zero-order chi connectivity index (χ0) is 14.6. The fourth-order valence-corrected chi connectivity index (χ4v) is 4.27. The maximum absolute atomic E-state index is 6.20. The minimum absolute atomic E-state index is 0.272. The quantitative estimate of drug-likeness (QED) is 0.685. The number of benzene rings is 1. The lowest BCUT2D eigenvalue weighted by Gasteiger charge is -2.10. The average molecular weight is 317 g/mol. The van der Waals surface area contributed by atoms with Gasteiger partial charge in [-0.25, -0.2) is 4.98 Å². The third-order valence-electron chi connectivity index (χ3n) is 3.93. The Morgan fingerprint density at radius 3 is 2.86 bits per heavy atom. The minimum atomic E-state index is 0.272. The minimum Gasteiger partial charge on any atom is -0.278 e. The predicted molar refractivity (Wildman–Crippen MR) is 84.0 cm³/mol. The van der Waals surface area contributed by atoms with Crippen molar-refractivity contribution in [3.63, 3.8) is 0 Å². The van der Waals surface area contributed by atoms with Crippen molar-refractivity contribution in [1.29, 1.82) is 0 Å². The van der Waals surface area contributed by atoms with E-state index in [-0.39, 0.29) is 5.25 Å². The van der Waals surface area contributed by atoms with E-state index in [0.29, 0.717) is 10.8 Å². The average Bonchev–Trinajstić information content (AvgIpc) is 3.08. The van der Waals surface area contributed by atoms with E-state index in [0.717, 1.165) is 23.6 Å². The molecule has 106 valence electrons. The molecule has 1 aromatic carbocycles. The highest BCUT2D eigenvalue weighted by molar-refractivity contribution is 7.99. The SMILES string of the molecule is Cc1nc(Cl)c2nnc(C3Cc4ccccc4S3)n2c1C. The maximum atomic E-state index is 6.20. The molecule has 0 aliphatic carbocycles. The van der Waals surface area contributed by atoms with Gasteiger partial charge in [0, 0.05) is 10.6 Å². The van der Waals surface area contributed by atoms with Gasteiger partial charge >= 0.3 is 0 Å². The summed E-state index contributed by atoms with van der Waals surface area (Å²) in [5.74, 6) is 0.955. The summed E-state index contributed by atoms with van der Waals surface area (Å²) in [5, 5.41) is 9.31. The van der Waals surface area contributed by atoms with Crippen molar-refractivity contribution in [2.45, 2.75) is 30.4 Å². The highest BCUT2D eigenvalue weighted by atomic mass is 35.5. The van der Waals surface area contributed by atoms with E-state index in [1.165, 1.54) is 10.5 Å². The molecule has 0 radical (unpaired) electrons. The number of aromatic nitrogens is 4. The summed E-state index contributed by atoms with van der Waals surface area (Å²) in [5.41, 5.74) is 3.98. The van der Waals surface area contributed by atoms with Crippen LogP contribution in [0.15, 0.2) is 29.2 Å². The first kappa shape index (κ1) is 13.1. The molecule has 1 aliphatic heterocycles. The van der Waals surface area contributed by atoms with Gasteiger partial charge in [-0.15, -0.1) is 22.0 Å². The lowest BCUT2D eigenvalue weighted by atomic mass is 10.1. The van der Waals surface area contributed by atoms with Crippen molar-refractivity contribution in [3.8, 4) is 0 Å². The number of aryl methyl sites for hydroxylation is 2. The molecule has 6 heteroatoms. The molecule has 0 saturated heterocycles. The van der Waals surface area contributed by atoms with Crippen LogP contribution in [0, 0.1) is 13.8 Å². The molecule has 1 atom stereocenters. The third kappa shape index (κ3) is 1.95. The Morgan fingerprint density at radius 1 is 1.24 bits per heavy atom. The van der Waals surface area contributed by atoms with Gasteiger partial charge in [0.05, 0.1) is 10.9 Å². The van der Waals surface area contributed by atoms with E-state index in [2.05, 4.69) is 39.4 Å². The summed E-state index contributed by atoms with van der Waals surface area (Å²) < 4.78 is 2.05. The molecule has 2 aromatic heterocycles. The van der Waals surface area contributed by atoms with Crippen molar-refractivity contribution < 1.29 is 0 Å². The Labute approximate surface area is 131 Å². The molecule has 4 rings (SSSR count). The van der Waals surface area contributed by atoms with Crippen LogP contribution >= 0.6 is 23.4 Å². The van der Waals surface area contributed by atoms with E-state index in [4.69, 9.17) is 11.6 Å². The Balaban J connectivity index is 1.86. The smallest absolute Gasteiger partial charge is 0.198 e. The van der Waals surface area contributed by atoms with Crippen LogP contribution in [0.25, 0.3) is 5.65 Å². The number of rotatable bonds is 1. The largest absolute Gasteiger partial charge is 0.278 e. The molecular formula is C15H13ClN4S. The van der Waals surface area contributed by atoms with Gasteiger partial charge < -0.3 is 0 Å². The Hall–Kier alpha value is -1.59. The number of hydrogen-bond donors (Lipinski definition) is 0. The summed E-state index contributed by atoms with van der Waals surface area (Å²) in [6.45, 7) is 3.99. The zero-order valence-corrected chi connectivity index (χ0v) is 13.2. The number of hydrogen-bond acceptors (Lipinski definition) is 4. The highest BCUT2D eigenvalue weighted by Gasteiger charge is 2.28. The molecule has 0 N–H and O–H groups in total. The normalized spacial score (nSPS) is 17.4. The molecule has 0 saturated carbocycles. The third-order valence-corrected chi connectivity index (χ3v) is 5.50. The van der Waals surface area contributed by atoms with Crippen LogP contribution in [0.1, 0.15) is 28.0 Å². The summed E-state index contributed by atoms with van der Waals surface area (Å²) in [6.07, 6.45) is 0.972. The summed E-state index contributed by atoms with van der Waals surface area (Å²) >= 11 is 8.04. The molecule has 0 fully saturated rings. The van der Waals surface area contributed by atoms with Crippen LogP contribution in [-0.4, -0.2) is 19.6 Å². The van der Waals surface area contributed by atoms with Crippen molar-refractivity contribution in [2.75, 3.05) is 0 Å². The number of halogens is 1. The molecule has 0 amide bonds. The molecule has 0 spiro atoms. The molecule has 0 bridgehead atoms. The van der Waals surface area contributed by atoms with Crippen molar-refractivity contribution in [2.24, 2.45) is 0 Å². The van der Waals surface area contributed by atoms with Crippen LogP contribution in [-0.2, 0) is 6.42 Å². The van der Waals surface area contributed by atoms with Gasteiger partial charge in [-0.05, 0) is 31.9 Å². The van der Waals surface area contributed by atoms with Crippen LogP contribution in [0.4, 0.5) is 0 Å². The lowest BCUT2D eigenvalue weighted by Crippen LogP contribution is -2.06. The number of fused-ring (bicyclic) bond motifs is 2. The van der Waals surface area contributed by atoms with Crippen LogP contribution in [0.3, 0.4) is 0 Å². The fraction of sp³-hybridized carbons (Fsp3) is 0.267. The number of thioether (sulfide) groups is 1. The molecular weight excluding hydrogens is 304 g/mol. The van der Waals surface area contributed by atoms with Gasteiger partial charge in [-0.3, -0.25) is 4.40 Å². The van der Waals surface area contributed by atoms with E-state index < -0.39 is 0 Å². The van der Waals surface area contributed by atoms with Crippen LogP contribution < -0.4 is 0 Å². The summed E-state index contributed by atoms with van der Waals surface area (Å²) in [7, 11) is 0. The fourth-order valence-electron chi connectivity index (χ4n) is 2.74. The van der Waals surface area contributed by atoms with Crippen molar-refractivity contribution >= 4 is 29.0 Å². The summed E-state index contributed by atoms with van der Waals surface area (Å²) in [6, 6.07) is 8.50. The second kappa shape index (κ2) is 4.71. The molecule has 1 aliphatic rings. The number of nitrogens with zero attached hydrogens (tertiary/aromatic N) is 4. The first-order chi connectivity index (χ1) is 10.1. The Bertz CT molecular complexity index is 833. The first-order valence-electron chi connectivity index (χ1n) is 6.77. The van der Waals surface area contributed by atoms with E-state index in [1.54, 1.807) is 0 Å². The monoisotopic (exact) mass is 316 g/mol. The lowest BCUT2D eigenvalue weighted by molar-refractivity contribution is 0.814. The zero-order valence-electron chi connectivity index (χ0n) is 11.7. The highest BCUT2D eigenvalue weighted by Crippen LogP contribution is 2.45. The van der Waals surface area contributed by atoms with Crippen molar-refractivity contribution in [3.05, 3.63) is 52.2 Å². The standard InChI is InChI=1S/C15H13ClN4S/c1-8-9(2)20-14(18-19-15(20)13(16)17-8)12-7-10-5-3-4-6-11(10)21-12/h3-6,12H,7H2,1-2H3.